The summed E-state index contributed by atoms with van der Waals surface area (Å²) >= 11 is 0. The molecule has 3 aromatic rings. The van der Waals surface area contributed by atoms with Gasteiger partial charge in [0.2, 0.25) is 0 Å². The normalized spacial score (nSPS) is 11.0. The predicted molar refractivity (Wildman–Crippen MR) is 71.0 cm³/mol. The lowest BCUT2D eigenvalue weighted by Gasteiger charge is -2.06. The van der Waals surface area contributed by atoms with Crippen LogP contribution < -0.4 is 5.56 Å². The third kappa shape index (κ3) is 1.46. The van der Waals surface area contributed by atoms with Crippen LogP contribution in [0.1, 0.15) is 5.69 Å². The van der Waals surface area contributed by atoms with Crippen LogP contribution in [0, 0.1) is 6.92 Å². The Kier molecular flexibility index (Phi) is 2.30. The van der Waals surface area contributed by atoms with E-state index in [9.17, 15) is 4.79 Å². The van der Waals surface area contributed by atoms with Crippen molar-refractivity contribution < 1.29 is 0 Å². The Labute approximate surface area is 104 Å². The zero-order valence-electron chi connectivity index (χ0n) is 10.3. The van der Waals surface area contributed by atoms with Gasteiger partial charge in [-0.25, -0.2) is 9.67 Å². The molecule has 0 spiro atoms. The van der Waals surface area contributed by atoms with Crippen LogP contribution in [0.3, 0.4) is 0 Å². The molecule has 4 nitrogen and oxygen atoms in total. The van der Waals surface area contributed by atoms with Crippen LogP contribution in [0.4, 0.5) is 0 Å². The van der Waals surface area contributed by atoms with E-state index in [1.807, 2.05) is 56.4 Å². The van der Waals surface area contributed by atoms with Crippen molar-refractivity contribution >= 4 is 11.0 Å². The molecule has 0 bridgehead atoms. The van der Waals surface area contributed by atoms with Crippen molar-refractivity contribution in [1.29, 1.82) is 0 Å². The summed E-state index contributed by atoms with van der Waals surface area (Å²) in [7, 11) is 1.85. The fourth-order valence-corrected chi connectivity index (χ4v) is 2.16. The van der Waals surface area contributed by atoms with E-state index in [2.05, 4.69) is 4.98 Å². The number of hydrogen-bond acceptors (Lipinski definition) is 2. The summed E-state index contributed by atoms with van der Waals surface area (Å²) in [6, 6.07) is 13.3. The Morgan fingerprint density at radius 3 is 2.50 bits per heavy atom. The van der Waals surface area contributed by atoms with E-state index < -0.39 is 0 Å². The van der Waals surface area contributed by atoms with E-state index in [-0.39, 0.29) is 5.56 Å². The molecule has 0 fully saturated rings. The van der Waals surface area contributed by atoms with Crippen LogP contribution in [0.15, 0.2) is 47.3 Å². The van der Waals surface area contributed by atoms with Gasteiger partial charge >= 0.3 is 0 Å². The minimum absolute atomic E-state index is 0.0359. The van der Waals surface area contributed by atoms with Gasteiger partial charge in [-0.05, 0) is 31.2 Å². The predicted octanol–water partition coefficient (Wildman–Crippen LogP) is 2.03. The SMILES string of the molecule is Cc1ccc2c(=O)n(-c3ccccc3)n(C)c2n1. The summed E-state index contributed by atoms with van der Waals surface area (Å²) in [6.45, 7) is 1.92. The molecule has 0 unspecified atom stereocenters. The van der Waals surface area contributed by atoms with Gasteiger partial charge in [-0.2, -0.15) is 0 Å². The summed E-state index contributed by atoms with van der Waals surface area (Å²) in [5, 5.41) is 0.645. The molecule has 0 aliphatic carbocycles. The van der Waals surface area contributed by atoms with Gasteiger partial charge in [-0.3, -0.25) is 9.48 Å². The smallest absolute Gasteiger partial charge is 0.267 e. The van der Waals surface area contributed by atoms with Crippen molar-refractivity contribution in [3.8, 4) is 5.69 Å². The molecule has 0 radical (unpaired) electrons. The monoisotopic (exact) mass is 239 g/mol. The van der Waals surface area contributed by atoms with E-state index in [0.717, 1.165) is 11.4 Å². The van der Waals surface area contributed by atoms with E-state index >= 15 is 0 Å². The lowest BCUT2D eigenvalue weighted by molar-refractivity contribution is 0.660. The first kappa shape index (κ1) is 10.8. The number of aryl methyl sites for hydroxylation is 2. The minimum atomic E-state index is -0.0359. The number of rotatable bonds is 1. The standard InChI is InChI=1S/C14H13N3O/c1-10-8-9-12-13(15-10)16(2)17(14(12)18)11-6-4-3-5-7-11/h3-9H,1-2H3. The molecular formula is C14H13N3O. The minimum Gasteiger partial charge on any atom is -0.267 e. The molecule has 1 aromatic carbocycles. The van der Waals surface area contributed by atoms with Crippen LogP contribution in [0.5, 0.6) is 0 Å². The Morgan fingerprint density at radius 2 is 1.78 bits per heavy atom. The molecule has 2 heterocycles. The second kappa shape index (κ2) is 3.84. The summed E-state index contributed by atoms with van der Waals surface area (Å²) in [5.41, 5.74) is 2.43. The summed E-state index contributed by atoms with van der Waals surface area (Å²) in [4.78, 5) is 16.8. The van der Waals surface area contributed by atoms with Crippen molar-refractivity contribution in [2.45, 2.75) is 6.92 Å². The Bertz CT molecular complexity index is 769. The van der Waals surface area contributed by atoms with Crippen molar-refractivity contribution in [3.05, 3.63) is 58.5 Å². The maximum Gasteiger partial charge on any atom is 0.280 e. The zero-order valence-corrected chi connectivity index (χ0v) is 10.3. The molecule has 2 aromatic heterocycles. The number of aromatic nitrogens is 3. The molecule has 4 heteroatoms. The van der Waals surface area contributed by atoms with Crippen LogP contribution >= 0.6 is 0 Å². The van der Waals surface area contributed by atoms with E-state index in [1.165, 1.54) is 0 Å². The zero-order chi connectivity index (χ0) is 12.7. The van der Waals surface area contributed by atoms with E-state index in [1.54, 1.807) is 9.36 Å². The number of pyridine rings is 1. The van der Waals surface area contributed by atoms with Gasteiger partial charge < -0.3 is 0 Å². The fraction of sp³-hybridized carbons (Fsp3) is 0.143. The van der Waals surface area contributed by atoms with Crippen LogP contribution in [0.2, 0.25) is 0 Å². The quantitative estimate of drug-likeness (QED) is 0.652. The lowest BCUT2D eigenvalue weighted by Crippen LogP contribution is -2.19. The first-order valence-corrected chi connectivity index (χ1v) is 5.79. The highest BCUT2D eigenvalue weighted by molar-refractivity contribution is 5.75. The molecule has 0 aliphatic heterocycles. The number of nitrogens with zero attached hydrogens (tertiary/aromatic N) is 3. The van der Waals surface area contributed by atoms with Crippen LogP contribution in [-0.4, -0.2) is 14.3 Å². The third-order valence-electron chi connectivity index (χ3n) is 3.04. The Morgan fingerprint density at radius 1 is 1.06 bits per heavy atom. The maximum absolute atomic E-state index is 12.4. The van der Waals surface area contributed by atoms with Crippen molar-refractivity contribution in [2.75, 3.05) is 0 Å². The number of benzene rings is 1. The summed E-state index contributed by atoms with van der Waals surface area (Å²) < 4.78 is 3.43. The number of fused-ring (bicyclic) bond motifs is 1. The molecule has 0 saturated heterocycles. The van der Waals surface area contributed by atoms with Gasteiger partial charge in [0.1, 0.15) is 0 Å². The molecule has 0 N–H and O–H groups in total. The highest BCUT2D eigenvalue weighted by atomic mass is 16.1. The molecule has 3 rings (SSSR count). The maximum atomic E-state index is 12.4. The highest BCUT2D eigenvalue weighted by Crippen LogP contribution is 2.12. The van der Waals surface area contributed by atoms with Crippen LogP contribution in [0.25, 0.3) is 16.7 Å². The average Bonchev–Trinajstić information content (AvgIpc) is 2.63. The second-order valence-electron chi connectivity index (χ2n) is 4.30. The summed E-state index contributed by atoms with van der Waals surface area (Å²) in [6.07, 6.45) is 0. The largest absolute Gasteiger partial charge is 0.280 e. The molecule has 0 amide bonds. The van der Waals surface area contributed by atoms with Gasteiger partial charge in [0, 0.05) is 12.7 Å². The van der Waals surface area contributed by atoms with Crippen LogP contribution in [-0.2, 0) is 7.05 Å². The van der Waals surface area contributed by atoms with Gasteiger partial charge in [0.15, 0.2) is 5.65 Å². The fourth-order valence-electron chi connectivity index (χ4n) is 2.16. The first-order valence-electron chi connectivity index (χ1n) is 5.79. The van der Waals surface area contributed by atoms with Gasteiger partial charge in [0.25, 0.3) is 5.56 Å². The van der Waals surface area contributed by atoms with E-state index in [0.29, 0.717) is 11.0 Å². The number of hydrogen-bond donors (Lipinski definition) is 0. The molecule has 18 heavy (non-hydrogen) atoms. The van der Waals surface area contributed by atoms with Crippen molar-refractivity contribution in [1.82, 2.24) is 14.3 Å². The third-order valence-corrected chi connectivity index (χ3v) is 3.04. The Balaban J connectivity index is 2.41. The average molecular weight is 239 g/mol. The molecular weight excluding hydrogens is 226 g/mol. The van der Waals surface area contributed by atoms with Gasteiger partial charge in [-0.15, -0.1) is 0 Å². The highest BCUT2D eigenvalue weighted by Gasteiger charge is 2.12. The number of para-hydroxylation sites is 1. The van der Waals surface area contributed by atoms with E-state index in [4.69, 9.17) is 0 Å². The second-order valence-corrected chi connectivity index (χ2v) is 4.30. The van der Waals surface area contributed by atoms with Gasteiger partial charge in [0.05, 0.1) is 11.1 Å². The topological polar surface area (TPSA) is 39.8 Å². The molecule has 0 saturated carbocycles. The first-order chi connectivity index (χ1) is 8.68. The van der Waals surface area contributed by atoms with Gasteiger partial charge in [-0.1, -0.05) is 18.2 Å². The molecule has 0 aliphatic rings. The molecule has 0 atom stereocenters. The lowest BCUT2D eigenvalue weighted by atomic mass is 10.3. The molecule has 90 valence electrons. The van der Waals surface area contributed by atoms with Crippen molar-refractivity contribution in [2.24, 2.45) is 7.05 Å². The summed E-state index contributed by atoms with van der Waals surface area (Å²) in [5.74, 6) is 0. The Hall–Kier alpha value is -2.36. The van der Waals surface area contributed by atoms with Crippen molar-refractivity contribution in [3.63, 3.8) is 0 Å².